The average molecular weight is 442 g/mol. The lowest BCUT2D eigenvalue weighted by atomic mass is 10.0. The predicted octanol–water partition coefficient (Wildman–Crippen LogP) is 5.22. The van der Waals surface area contributed by atoms with E-state index >= 15 is 0 Å². The lowest BCUT2D eigenvalue weighted by Gasteiger charge is -2.29. The van der Waals surface area contributed by atoms with Crippen molar-refractivity contribution >= 4 is 11.9 Å². The summed E-state index contributed by atoms with van der Waals surface area (Å²) in [5.41, 5.74) is 1.71. The van der Waals surface area contributed by atoms with Crippen LogP contribution in [0, 0.1) is 0 Å². The summed E-state index contributed by atoms with van der Waals surface area (Å²) in [5, 5.41) is 8.74. The fourth-order valence-electron chi connectivity index (χ4n) is 3.44. The molecule has 32 heavy (non-hydrogen) atoms. The van der Waals surface area contributed by atoms with Crippen LogP contribution in [0.5, 0.6) is 5.75 Å². The number of rotatable bonds is 12. The zero-order chi connectivity index (χ0) is 24.7. The van der Waals surface area contributed by atoms with E-state index in [0.29, 0.717) is 37.2 Å². The largest absolute Gasteiger partial charge is 0.493 e. The van der Waals surface area contributed by atoms with Gasteiger partial charge in [0.15, 0.2) is 0 Å². The van der Waals surface area contributed by atoms with E-state index in [9.17, 15) is 9.59 Å². The van der Waals surface area contributed by atoms with Crippen molar-refractivity contribution < 1.29 is 26.9 Å². The van der Waals surface area contributed by atoms with Gasteiger partial charge in [0, 0.05) is 36.5 Å². The van der Waals surface area contributed by atoms with E-state index in [2.05, 4.69) is 0 Å². The Labute approximate surface area is 193 Å². The molecule has 2 aromatic carbocycles. The van der Waals surface area contributed by atoms with Crippen LogP contribution in [0.25, 0.3) is 0 Å². The first-order chi connectivity index (χ1) is 16.2. The lowest BCUT2D eigenvalue weighted by molar-refractivity contribution is -0.137. The molecule has 1 saturated heterocycles. The number of ether oxygens (including phenoxy) is 2. The molecule has 6 heteroatoms. The molecule has 172 valence electrons. The van der Waals surface area contributed by atoms with Gasteiger partial charge in [0.2, 0.25) is 0 Å². The Morgan fingerprint density at radius 2 is 1.88 bits per heavy atom. The van der Waals surface area contributed by atoms with Gasteiger partial charge in [0.25, 0.3) is 5.91 Å². The monoisotopic (exact) mass is 441 g/mol. The summed E-state index contributed by atoms with van der Waals surface area (Å²) in [6, 6.07) is 13.6. The summed E-state index contributed by atoms with van der Waals surface area (Å²) < 4.78 is 29.2. The van der Waals surface area contributed by atoms with E-state index in [1.54, 1.807) is 50.2 Å². The molecule has 1 fully saturated rings. The van der Waals surface area contributed by atoms with Gasteiger partial charge in [-0.25, -0.2) is 0 Å². The second-order valence-electron chi connectivity index (χ2n) is 8.20. The number of nitrogens with zero attached hydrogens (tertiary/aromatic N) is 1. The standard InChI is InChI=1S/C26H33NO5/c1-19(2)27(26(30)21-13-11-20(12-14-21)24-15-17-32-24)18-22-8-5-6-9-23(22)31-16-7-3-4-10-25(28)29/h5-6,8-9,11-14,19,24H,3-4,7,10,15-18H2,1-2H3,(H,28,29)/i18D2. The van der Waals surface area contributed by atoms with Crippen molar-refractivity contribution in [1.82, 2.24) is 4.90 Å². The minimum Gasteiger partial charge on any atom is -0.493 e. The van der Waals surface area contributed by atoms with Crippen LogP contribution >= 0.6 is 0 Å². The summed E-state index contributed by atoms with van der Waals surface area (Å²) in [6.45, 7) is 2.56. The van der Waals surface area contributed by atoms with E-state index in [1.807, 2.05) is 12.1 Å². The molecule has 1 atom stereocenters. The number of unbranched alkanes of at least 4 members (excludes halogenated alkanes) is 2. The molecule has 0 saturated carbocycles. The number of hydrogen-bond donors (Lipinski definition) is 1. The number of aliphatic carboxylic acids is 1. The lowest BCUT2D eigenvalue weighted by Crippen LogP contribution is -2.36. The number of carboxylic acids is 1. The van der Waals surface area contributed by atoms with Crippen LogP contribution < -0.4 is 4.74 Å². The van der Waals surface area contributed by atoms with Crippen molar-refractivity contribution in [2.45, 2.75) is 64.6 Å². The van der Waals surface area contributed by atoms with Crippen LogP contribution in [0.2, 0.25) is 0 Å². The Hall–Kier alpha value is -2.86. The highest BCUT2D eigenvalue weighted by molar-refractivity contribution is 5.94. The van der Waals surface area contributed by atoms with Gasteiger partial charge < -0.3 is 19.5 Å². The minimum absolute atomic E-state index is 0.0740. The third kappa shape index (κ3) is 6.57. The molecule has 1 unspecified atom stereocenters. The summed E-state index contributed by atoms with van der Waals surface area (Å²) in [4.78, 5) is 25.3. The smallest absolute Gasteiger partial charge is 0.303 e. The molecule has 0 spiro atoms. The Balaban J connectivity index is 1.75. The van der Waals surface area contributed by atoms with Crippen LogP contribution in [0.3, 0.4) is 0 Å². The van der Waals surface area contributed by atoms with Crippen LogP contribution in [0.4, 0.5) is 0 Å². The van der Waals surface area contributed by atoms with Crippen molar-refractivity contribution in [2.24, 2.45) is 0 Å². The Bertz CT molecular complexity index is 973. The molecular formula is C26H33NO5. The van der Waals surface area contributed by atoms with E-state index in [0.717, 1.165) is 18.6 Å². The number of hydrogen-bond acceptors (Lipinski definition) is 4. The first-order valence-corrected chi connectivity index (χ1v) is 11.2. The maximum absolute atomic E-state index is 13.4. The van der Waals surface area contributed by atoms with Crippen molar-refractivity contribution in [2.75, 3.05) is 13.2 Å². The molecule has 0 aliphatic carbocycles. The van der Waals surface area contributed by atoms with Crippen LogP contribution in [0.1, 0.15) is 76.3 Å². The van der Waals surface area contributed by atoms with Crippen molar-refractivity contribution in [3.05, 3.63) is 65.2 Å². The zero-order valence-electron chi connectivity index (χ0n) is 20.8. The molecule has 6 nitrogen and oxygen atoms in total. The fourth-order valence-corrected chi connectivity index (χ4v) is 3.44. The first-order valence-electron chi connectivity index (χ1n) is 12.2. The maximum Gasteiger partial charge on any atom is 0.303 e. The molecule has 1 aliphatic rings. The van der Waals surface area contributed by atoms with Crippen molar-refractivity contribution in [1.29, 1.82) is 0 Å². The molecule has 1 amide bonds. The third-order valence-corrected chi connectivity index (χ3v) is 5.38. The highest BCUT2D eigenvalue weighted by Crippen LogP contribution is 2.29. The number of amides is 1. The highest BCUT2D eigenvalue weighted by atomic mass is 16.5. The van der Waals surface area contributed by atoms with E-state index in [-0.39, 0.29) is 18.1 Å². The van der Waals surface area contributed by atoms with Gasteiger partial charge in [0.1, 0.15) is 5.75 Å². The second kappa shape index (κ2) is 11.7. The molecular weight excluding hydrogens is 406 g/mol. The zero-order valence-corrected chi connectivity index (χ0v) is 18.8. The Morgan fingerprint density at radius 3 is 2.50 bits per heavy atom. The van der Waals surface area contributed by atoms with Crippen molar-refractivity contribution in [3.8, 4) is 5.75 Å². The molecule has 0 radical (unpaired) electrons. The minimum atomic E-state index is -2.11. The van der Waals surface area contributed by atoms with Gasteiger partial charge in [-0.3, -0.25) is 9.59 Å². The predicted molar refractivity (Wildman–Crippen MR) is 123 cm³/mol. The third-order valence-electron chi connectivity index (χ3n) is 5.38. The number of para-hydroxylation sites is 1. The summed E-state index contributed by atoms with van der Waals surface area (Å²) in [6.07, 6.45) is 3.10. The molecule has 1 aliphatic heterocycles. The van der Waals surface area contributed by atoms with Gasteiger partial charge in [0.05, 0.1) is 22.1 Å². The van der Waals surface area contributed by atoms with Crippen LogP contribution in [-0.2, 0) is 16.0 Å². The van der Waals surface area contributed by atoms with Crippen LogP contribution in [0.15, 0.2) is 48.5 Å². The fraction of sp³-hybridized carbons (Fsp3) is 0.462. The molecule has 0 bridgehead atoms. The quantitative estimate of drug-likeness (QED) is 0.457. The Morgan fingerprint density at radius 1 is 1.16 bits per heavy atom. The van der Waals surface area contributed by atoms with Gasteiger partial charge in [-0.1, -0.05) is 30.3 Å². The second-order valence-corrected chi connectivity index (χ2v) is 8.20. The summed E-state index contributed by atoms with van der Waals surface area (Å²) >= 11 is 0. The van der Waals surface area contributed by atoms with Gasteiger partial charge >= 0.3 is 5.97 Å². The van der Waals surface area contributed by atoms with E-state index in [4.69, 9.17) is 17.3 Å². The SMILES string of the molecule is [2H]C([2H])(c1ccccc1OCCCCCC(=O)O)N(C(=O)c1ccc(C2CCO2)cc1)C(C)C. The average Bonchev–Trinajstić information content (AvgIpc) is 2.75. The molecule has 2 aromatic rings. The maximum atomic E-state index is 13.4. The molecule has 1 heterocycles. The first kappa shape index (κ1) is 21.0. The van der Waals surface area contributed by atoms with E-state index < -0.39 is 24.4 Å². The molecule has 1 N–H and O–H groups in total. The van der Waals surface area contributed by atoms with E-state index in [1.165, 1.54) is 4.90 Å². The number of carbonyl (C=O) groups is 2. The van der Waals surface area contributed by atoms with Crippen molar-refractivity contribution in [3.63, 3.8) is 0 Å². The number of carboxylic acid groups (broad SMARTS) is 1. The number of benzene rings is 2. The normalized spacial score (nSPS) is 16.7. The topological polar surface area (TPSA) is 76.1 Å². The van der Waals surface area contributed by atoms with Gasteiger partial charge in [-0.15, -0.1) is 0 Å². The highest BCUT2D eigenvalue weighted by Gasteiger charge is 2.23. The molecule has 0 aromatic heterocycles. The number of carbonyl (C=O) groups excluding carboxylic acids is 1. The van der Waals surface area contributed by atoms with Crippen LogP contribution in [-0.4, -0.2) is 41.1 Å². The Kier molecular flexibility index (Phi) is 7.66. The summed E-state index contributed by atoms with van der Waals surface area (Å²) in [7, 11) is 0. The summed E-state index contributed by atoms with van der Waals surface area (Å²) in [5.74, 6) is -0.838. The van der Waals surface area contributed by atoms with Gasteiger partial charge in [-0.2, -0.15) is 0 Å². The van der Waals surface area contributed by atoms with Gasteiger partial charge in [-0.05, 0) is 56.9 Å². The molecule has 3 rings (SSSR count).